The minimum atomic E-state index is -0.764. The predicted molar refractivity (Wildman–Crippen MR) is 74.0 cm³/mol. The van der Waals surface area contributed by atoms with Crippen LogP contribution >= 0.6 is 11.6 Å². The number of ether oxygens (including phenoxy) is 1. The fourth-order valence-electron chi connectivity index (χ4n) is 1.79. The summed E-state index contributed by atoms with van der Waals surface area (Å²) in [5.74, 6) is 0. The minimum absolute atomic E-state index is 0.244. The normalized spacial score (nSPS) is 10.6. The van der Waals surface area contributed by atoms with Crippen molar-refractivity contribution in [1.82, 2.24) is 10.3 Å². The minimum Gasteiger partial charge on any atom is -0.448 e. The monoisotopic (exact) mass is 279 g/mol. The zero-order chi connectivity index (χ0) is 13.7. The summed E-state index contributed by atoms with van der Waals surface area (Å²) in [7, 11) is 0. The molecule has 1 aromatic carbocycles. The number of carbonyl (C=O) groups excluding carboxylic acids is 1. The first kappa shape index (κ1) is 13.6. The summed E-state index contributed by atoms with van der Waals surface area (Å²) in [4.78, 5) is 14.7. The van der Waals surface area contributed by atoms with E-state index in [1.165, 1.54) is 0 Å². The number of nitrogens with two attached hydrogens (primary N) is 1. The third-order valence-corrected chi connectivity index (χ3v) is 2.97. The lowest BCUT2D eigenvalue weighted by molar-refractivity contribution is 0.157. The topological polar surface area (TPSA) is 77.2 Å². The lowest BCUT2D eigenvalue weighted by Gasteiger charge is -2.08. The molecule has 3 N–H and O–H groups in total. The van der Waals surface area contributed by atoms with E-state index in [-0.39, 0.29) is 6.61 Å². The largest absolute Gasteiger partial charge is 0.448 e. The Morgan fingerprint density at radius 3 is 3.05 bits per heavy atom. The first-order chi connectivity index (χ1) is 9.18. The van der Waals surface area contributed by atoms with E-state index in [0.29, 0.717) is 18.1 Å². The molecule has 2 aromatic rings. The maximum absolute atomic E-state index is 10.4. The van der Waals surface area contributed by atoms with E-state index < -0.39 is 6.09 Å². The fourth-order valence-corrected chi connectivity index (χ4v) is 2.00. The van der Waals surface area contributed by atoms with Gasteiger partial charge < -0.3 is 15.8 Å². The van der Waals surface area contributed by atoms with Crippen LogP contribution in [0.1, 0.15) is 5.56 Å². The Kier molecular flexibility index (Phi) is 4.54. The molecule has 0 bridgehead atoms. The third-order valence-electron chi connectivity index (χ3n) is 2.64. The van der Waals surface area contributed by atoms with Crippen molar-refractivity contribution in [2.45, 2.75) is 6.54 Å². The van der Waals surface area contributed by atoms with Crippen LogP contribution in [0.4, 0.5) is 4.79 Å². The van der Waals surface area contributed by atoms with Gasteiger partial charge in [-0.05, 0) is 23.8 Å². The maximum Gasteiger partial charge on any atom is 0.404 e. The van der Waals surface area contributed by atoms with Gasteiger partial charge >= 0.3 is 6.09 Å². The van der Waals surface area contributed by atoms with Crippen molar-refractivity contribution >= 4 is 28.6 Å². The van der Waals surface area contributed by atoms with Crippen molar-refractivity contribution in [2.24, 2.45) is 5.73 Å². The summed E-state index contributed by atoms with van der Waals surface area (Å²) in [5, 5.41) is 4.76. The van der Waals surface area contributed by atoms with Gasteiger partial charge in [0, 0.05) is 29.7 Å². The van der Waals surface area contributed by atoms with Crippen LogP contribution in [0.3, 0.4) is 0 Å². The molecule has 100 valence electrons. The van der Waals surface area contributed by atoms with Gasteiger partial charge in [-0.3, -0.25) is 4.98 Å². The molecule has 0 aliphatic rings. The van der Waals surface area contributed by atoms with Crippen molar-refractivity contribution in [1.29, 1.82) is 0 Å². The van der Waals surface area contributed by atoms with Gasteiger partial charge in [-0.2, -0.15) is 0 Å². The van der Waals surface area contributed by atoms with E-state index in [1.807, 2.05) is 24.3 Å². The highest BCUT2D eigenvalue weighted by Crippen LogP contribution is 2.24. The zero-order valence-corrected chi connectivity index (χ0v) is 11.0. The Balaban J connectivity index is 2.01. The second kappa shape index (κ2) is 6.36. The highest BCUT2D eigenvalue weighted by Gasteiger charge is 2.05. The molecule has 0 aliphatic carbocycles. The van der Waals surface area contributed by atoms with Crippen LogP contribution in [-0.2, 0) is 11.3 Å². The van der Waals surface area contributed by atoms with Gasteiger partial charge in [0.1, 0.15) is 6.61 Å². The molecule has 0 atom stereocenters. The van der Waals surface area contributed by atoms with Gasteiger partial charge in [0.25, 0.3) is 0 Å². The van der Waals surface area contributed by atoms with Crippen molar-refractivity contribution < 1.29 is 9.53 Å². The molecular weight excluding hydrogens is 266 g/mol. The van der Waals surface area contributed by atoms with Crippen LogP contribution in [0.15, 0.2) is 30.5 Å². The quantitative estimate of drug-likeness (QED) is 0.822. The molecule has 1 heterocycles. The van der Waals surface area contributed by atoms with E-state index in [9.17, 15) is 4.79 Å². The van der Waals surface area contributed by atoms with Gasteiger partial charge in [0.05, 0.1) is 5.52 Å². The number of aromatic nitrogens is 1. The summed E-state index contributed by atoms with van der Waals surface area (Å²) >= 11 is 6.12. The summed E-state index contributed by atoms with van der Waals surface area (Å²) in [6, 6.07) is 7.57. The average molecular weight is 280 g/mol. The smallest absolute Gasteiger partial charge is 0.404 e. The number of fused-ring (bicyclic) bond motifs is 1. The fraction of sp³-hybridized carbons (Fsp3) is 0.231. The van der Waals surface area contributed by atoms with Crippen molar-refractivity contribution in [3.63, 3.8) is 0 Å². The van der Waals surface area contributed by atoms with Crippen LogP contribution in [0.5, 0.6) is 0 Å². The molecule has 2 rings (SSSR count). The number of pyridine rings is 1. The molecule has 0 radical (unpaired) electrons. The molecule has 19 heavy (non-hydrogen) atoms. The lowest BCUT2D eigenvalue weighted by atomic mass is 10.1. The number of nitrogens with zero attached hydrogens (tertiary/aromatic N) is 1. The molecule has 0 saturated heterocycles. The van der Waals surface area contributed by atoms with Crippen LogP contribution < -0.4 is 11.1 Å². The van der Waals surface area contributed by atoms with E-state index >= 15 is 0 Å². The number of benzene rings is 1. The first-order valence-corrected chi connectivity index (χ1v) is 6.21. The average Bonchev–Trinajstić information content (AvgIpc) is 2.41. The molecule has 0 spiro atoms. The molecular formula is C13H14ClN3O2. The van der Waals surface area contributed by atoms with Gasteiger partial charge in [0.2, 0.25) is 0 Å². The second-order valence-electron chi connectivity index (χ2n) is 3.95. The summed E-state index contributed by atoms with van der Waals surface area (Å²) < 4.78 is 4.63. The van der Waals surface area contributed by atoms with Crippen LogP contribution in [0, 0.1) is 0 Å². The summed E-state index contributed by atoms with van der Waals surface area (Å²) in [5.41, 5.74) is 6.78. The van der Waals surface area contributed by atoms with Crippen LogP contribution in [0.25, 0.3) is 10.9 Å². The zero-order valence-electron chi connectivity index (χ0n) is 10.2. The van der Waals surface area contributed by atoms with Gasteiger partial charge in [-0.25, -0.2) is 4.79 Å². The third kappa shape index (κ3) is 3.56. The number of halogens is 1. The second-order valence-corrected chi connectivity index (χ2v) is 4.36. The van der Waals surface area contributed by atoms with Crippen LogP contribution in [0.2, 0.25) is 5.02 Å². The van der Waals surface area contributed by atoms with E-state index in [2.05, 4.69) is 15.0 Å². The molecule has 0 aliphatic heterocycles. The molecule has 5 nitrogen and oxygen atoms in total. The molecule has 1 aromatic heterocycles. The molecule has 1 amide bonds. The number of hydrogen-bond acceptors (Lipinski definition) is 4. The van der Waals surface area contributed by atoms with Crippen molar-refractivity contribution in [3.05, 3.63) is 41.0 Å². The molecule has 0 saturated carbocycles. The maximum atomic E-state index is 10.4. The lowest BCUT2D eigenvalue weighted by Crippen LogP contribution is -2.23. The number of hydrogen-bond donors (Lipinski definition) is 2. The Morgan fingerprint density at radius 2 is 2.26 bits per heavy atom. The number of primary amides is 1. The number of rotatable bonds is 5. The Hall–Kier alpha value is -1.85. The first-order valence-electron chi connectivity index (χ1n) is 5.83. The number of amides is 1. The Morgan fingerprint density at radius 1 is 1.42 bits per heavy atom. The molecule has 0 fully saturated rings. The highest BCUT2D eigenvalue weighted by atomic mass is 35.5. The SMILES string of the molecule is NC(=O)OCCNCc1ccc(Cl)c2cccnc12. The van der Waals surface area contributed by atoms with Crippen molar-refractivity contribution in [2.75, 3.05) is 13.2 Å². The number of carbonyl (C=O) groups is 1. The summed E-state index contributed by atoms with van der Waals surface area (Å²) in [6.45, 7) is 1.39. The van der Waals surface area contributed by atoms with Crippen LogP contribution in [-0.4, -0.2) is 24.2 Å². The predicted octanol–water partition coefficient (Wildman–Crippen LogP) is 2.07. The Bertz CT molecular complexity index is 589. The van der Waals surface area contributed by atoms with E-state index in [1.54, 1.807) is 6.20 Å². The highest BCUT2D eigenvalue weighted by molar-refractivity contribution is 6.35. The molecule has 6 heteroatoms. The van der Waals surface area contributed by atoms with Gasteiger partial charge in [-0.15, -0.1) is 0 Å². The Labute approximate surface area is 115 Å². The van der Waals surface area contributed by atoms with E-state index in [4.69, 9.17) is 17.3 Å². The van der Waals surface area contributed by atoms with E-state index in [0.717, 1.165) is 16.5 Å². The standard InChI is InChI=1S/C13H14ClN3O2/c14-11-4-3-9(8-16-6-7-19-13(15)18)12-10(11)2-1-5-17-12/h1-5,16H,6-8H2,(H2,15,18). The van der Waals surface area contributed by atoms with Crippen molar-refractivity contribution in [3.8, 4) is 0 Å². The number of nitrogens with one attached hydrogen (secondary N) is 1. The summed E-state index contributed by atoms with van der Waals surface area (Å²) in [6.07, 6.45) is 0.971. The van der Waals surface area contributed by atoms with Gasteiger partial charge in [0.15, 0.2) is 0 Å². The van der Waals surface area contributed by atoms with Gasteiger partial charge in [-0.1, -0.05) is 17.7 Å². The molecule has 0 unspecified atom stereocenters.